The van der Waals surface area contributed by atoms with Crippen LogP contribution in [0.1, 0.15) is 18.4 Å². The molecule has 0 amide bonds. The van der Waals surface area contributed by atoms with E-state index in [4.69, 9.17) is 9.15 Å². The van der Waals surface area contributed by atoms with Crippen LogP contribution in [0.2, 0.25) is 0 Å². The summed E-state index contributed by atoms with van der Waals surface area (Å²) in [5.41, 5.74) is 1.11. The summed E-state index contributed by atoms with van der Waals surface area (Å²) >= 11 is 0. The first-order valence-corrected chi connectivity index (χ1v) is 5.20. The van der Waals surface area contributed by atoms with E-state index < -0.39 is 0 Å². The first-order chi connectivity index (χ1) is 7.88. The van der Waals surface area contributed by atoms with E-state index in [1.165, 1.54) is 0 Å². The van der Waals surface area contributed by atoms with Crippen LogP contribution >= 0.6 is 0 Å². The summed E-state index contributed by atoms with van der Waals surface area (Å²) < 4.78 is 10.5. The van der Waals surface area contributed by atoms with Crippen LogP contribution in [0.3, 0.4) is 0 Å². The van der Waals surface area contributed by atoms with Crippen molar-refractivity contribution in [2.45, 2.75) is 6.92 Å². The highest BCUT2D eigenvalue weighted by Gasteiger charge is 1.99. The van der Waals surface area contributed by atoms with Crippen LogP contribution in [0.4, 0.5) is 0 Å². The van der Waals surface area contributed by atoms with Crippen LogP contribution in [0.15, 0.2) is 40.9 Å². The van der Waals surface area contributed by atoms with Gasteiger partial charge in [-0.25, -0.2) is 4.98 Å². The Morgan fingerprint density at radius 2 is 2.06 bits per heavy atom. The maximum atomic E-state index is 5.33. The minimum atomic E-state index is 0.454. The van der Waals surface area contributed by atoms with Gasteiger partial charge >= 0.3 is 5.95 Å². The molecule has 2 rings (SSSR count). The van der Waals surface area contributed by atoms with Crippen molar-refractivity contribution < 1.29 is 9.15 Å². The molecule has 0 fully saturated rings. The van der Waals surface area contributed by atoms with Gasteiger partial charge in [-0.2, -0.15) is 0 Å². The molecule has 0 aliphatic rings. The van der Waals surface area contributed by atoms with Crippen molar-refractivity contribution in [3.8, 4) is 5.95 Å². The Labute approximate surface area is 94.4 Å². The number of hydrogen-bond acceptors (Lipinski definition) is 3. The predicted octanol–water partition coefficient (Wildman–Crippen LogP) is 3.24. The van der Waals surface area contributed by atoms with Crippen molar-refractivity contribution in [2.75, 3.05) is 6.61 Å². The normalized spacial score (nSPS) is 10.8. The molecule has 0 bridgehead atoms. The minimum absolute atomic E-state index is 0.454. The fourth-order valence-electron chi connectivity index (χ4n) is 1.29. The molecule has 0 aliphatic heterocycles. The lowest BCUT2D eigenvalue weighted by molar-refractivity contribution is 0.256. The monoisotopic (exact) mass is 215 g/mol. The highest BCUT2D eigenvalue weighted by Crippen LogP contribution is 2.14. The average Bonchev–Trinajstić information content (AvgIpc) is 2.76. The number of nitrogens with zero attached hydrogens (tertiary/aromatic N) is 1. The van der Waals surface area contributed by atoms with E-state index in [0.717, 1.165) is 5.56 Å². The summed E-state index contributed by atoms with van der Waals surface area (Å²) in [4.78, 5) is 4.07. The first-order valence-electron chi connectivity index (χ1n) is 5.20. The van der Waals surface area contributed by atoms with Crippen molar-refractivity contribution in [1.82, 2.24) is 4.98 Å². The third-order valence-electron chi connectivity index (χ3n) is 2.01. The third-order valence-corrected chi connectivity index (χ3v) is 2.01. The highest BCUT2D eigenvalue weighted by atomic mass is 16.6. The fraction of sp³-hybridized carbons (Fsp3) is 0.154. The van der Waals surface area contributed by atoms with Crippen molar-refractivity contribution in [1.29, 1.82) is 0 Å². The Hall–Kier alpha value is -2.03. The lowest BCUT2D eigenvalue weighted by Gasteiger charge is -1.93. The van der Waals surface area contributed by atoms with Gasteiger partial charge in [0, 0.05) is 6.08 Å². The second kappa shape index (κ2) is 5.16. The van der Waals surface area contributed by atoms with E-state index in [1.54, 1.807) is 6.20 Å². The summed E-state index contributed by atoms with van der Waals surface area (Å²) in [5.74, 6) is 1.00. The molecule has 0 N–H and O–H groups in total. The predicted molar refractivity (Wildman–Crippen MR) is 63.0 cm³/mol. The van der Waals surface area contributed by atoms with E-state index in [0.29, 0.717) is 18.4 Å². The number of aromatic nitrogens is 1. The molecular weight excluding hydrogens is 202 g/mol. The molecule has 16 heavy (non-hydrogen) atoms. The van der Waals surface area contributed by atoms with Crippen LogP contribution in [-0.4, -0.2) is 11.6 Å². The number of hydrogen-bond donors (Lipinski definition) is 0. The van der Waals surface area contributed by atoms with E-state index in [1.807, 2.05) is 49.4 Å². The zero-order chi connectivity index (χ0) is 11.2. The molecule has 0 saturated heterocycles. The van der Waals surface area contributed by atoms with Crippen LogP contribution in [0.5, 0.6) is 5.95 Å². The van der Waals surface area contributed by atoms with Crippen molar-refractivity contribution >= 4 is 12.2 Å². The zero-order valence-electron chi connectivity index (χ0n) is 9.09. The number of oxazole rings is 1. The van der Waals surface area contributed by atoms with Gasteiger partial charge in [-0.15, -0.1) is 0 Å². The second-order valence-corrected chi connectivity index (χ2v) is 3.19. The van der Waals surface area contributed by atoms with Gasteiger partial charge in [0.25, 0.3) is 0 Å². The highest BCUT2D eigenvalue weighted by molar-refractivity contribution is 5.65. The lowest BCUT2D eigenvalue weighted by Crippen LogP contribution is -1.87. The Balaban J connectivity index is 2.06. The maximum absolute atomic E-state index is 5.33. The molecule has 0 atom stereocenters. The Morgan fingerprint density at radius 1 is 1.25 bits per heavy atom. The molecule has 2 aromatic rings. The molecule has 0 radical (unpaired) electrons. The summed E-state index contributed by atoms with van der Waals surface area (Å²) in [6, 6.07) is 9.99. The van der Waals surface area contributed by atoms with Gasteiger partial charge < -0.3 is 9.15 Å². The Kier molecular flexibility index (Phi) is 3.38. The van der Waals surface area contributed by atoms with Gasteiger partial charge in [0.15, 0.2) is 0 Å². The summed E-state index contributed by atoms with van der Waals surface area (Å²) in [6.45, 7) is 2.49. The number of rotatable bonds is 4. The second-order valence-electron chi connectivity index (χ2n) is 3.19. The third kappa shape index (κ3) is 2.73. The van der Waals surface area contributed by atoms with E-state index in [2.05, 4.69) is 4.98 Å². The lowest BCUT2D eigenvalue weighted by atomic mass is 10.2. The van der Waals surface area contributed by atoms with Crippen LogP contribution in [0, 0.1) is 0 Å². The SMILES string of the molecule is CCOc1cnc(/C=C/c2ccccc2)o1. The molecule has 3 nitrogen and oxygen atoms in total. The standard InChI is InChI=1S/C13H13NO2/c1-2-15-13-10-14-12(16-13)9-8-11-6-4-3-5-7-11/h3-10H,2H2,1H3/b9-8+. The topological polar surface area (TPSA) is 35.3 Å². The van der Waals surface area contributed by atoms with Gasteiger partial charge in [-0.05, 0) is 18.6 Å². The van der Waals surface area contributed by atoms with E-state index in [-0.39, 0.29) is 0 Å². The average molecular weight is 215 g/mol. The number of benzene rings is 1. The van der Waals surface area contributed by atoms with Crippen molar-refractivity contribution in [2.24, 2.45) is 0 Å². The van der Waals surface area contributed by atoms with Crippen LogP contribution in [0.25, 0.3) is 12.2 Å². The van der Waals surface area contributed by atoms with Gasteiger partial charge in [0.05, 0.1) is 6.61 Å². The van der Waals surface area contributed by atoms with Gasteiger partial charge in [0.1, 0.15) is 6.20 Å². The first kappa shape index (κ1) is 10.5. The number of ether oxygens (including phenoxy) is 1. The van der Waals surface area contributed by atoms with Crippen LogP contribution < -0.4 is 4.74 Å². The molecule has 0 aliphatic carbocycles. The summed E-state index contributed by atoms with van der Waals surface area (Å²) in [5, 5.41) is 0. The molecular formula is C13H13NO2. The van der Waals surface area contributed by atoms with Gasteiger partial charge in [-0.3, -0.25) is 0 Å². The van der Waals surface area contributed by atoms with Gasteiger partial charge in [-0.1, -0.05) is 30.3 Å². The largest absolute Gasteiger partial charge is 0.464 e. The summed E-state index contributed by atoms with van der Waals surface area (Å²) in [6.07, 6.45) is 5.34. The fourth-order valence-corrected chi connectivity index (χ4v) is 1.29. The maximum Gasteiger partial charge on any atom is 0.305 e. The molecule has 1 aromatic heterocycles. The van der Waals surface area contributed by atoms with E-state index >= 15 is 0 Å². The molecule has 0 saturated carbocycles. The van der Waals surface area contributed by atoms with E-state index in [9.17, 15) is 0 Å². The molecule has 3 heteroatoms. The quantitative estimate of drug-likeness (QED) is 0.785. The Bertz CT molecular complexity index is 460. The molecule has 1 aromatic carbocycles. The molecule has 0 spiro atoms. The van der Waals surface area contributed by atoms with Crippen molar-refractivity contribution in [3.63, 3.8) is 0 Å². The van der Waals surface area contributed by atoms with Gasteiger partial charge in [0.2, 0.25) is 5.89 Å². The van der Waals surface area contributed by atoms with Crippen molar-refractivity contribution in [3.05, 3.63) is 48.0 Å². The van der Waals surface area contributed by atoms with Crippen LogP contribution in [-0.2, 0) is 0 Å². The minimum Gasteiger partial charge on any atom is -0.464 e. The Morgan fingerprint density at radius 3 is 2.81 bits per heavy atom. The molecule has 1 heterocycles. The summed E-state index contributed by atoms with van der Waals surface area (Å²) in [7, 11) is 0. The molecule has 0 unspecified atom stereocenters. The molecule has 82 valence electrons. The smallest absolute Gasteiger partial charge is 0.305 e. The zero-order valence-corrected chi connectivity index (χ0v) is 9.09.